The normalized spacial score (nSPS) is 13.7. The number of hydrogen-bond donors (Lipinski definition) is 1. The Bertz CT molecular complexity index is 524. The summed E-state index contributed by atoms with van der Waals surface area (Å²) in [4.78, 5) is 11.8. The maximum atomic E-state index is 12.5. The second kappa shape index (κ2) is 6.13. The minimum Gasteiger partial charge on any atom is -0.458 e. The Morgan fingerprint density at radius 3 is 2.29 bits per heavy atom. The molecule has 1 aromatic carbocycles. The number of hydrogen-bond acceptors (Lipinski definition) is 3. The molecule has 1 atom stereocenters. The van der Waals surface area contributed by atoms with Crippen molar-refractivity contribution in [1.29, 1.82) is 0 Å². The predicted octanol–water partition coefficient (Wildman–Crippen LogP) is 4.50. The third-order valence-corrected chi connectivity index (χ3v) is 2.74. The van der Waals surface area contributed by atoms with Crippen LogP contribution >= 0.6 is 11.6 Å². The number of nitrogens with one attached hydrogen (secondary N) is 1. The van der Waals surface area contributed by atoms with Crippen LogP contribution in [0.2, 0.25) is 5.02 Å². The molecule has 1 rings (SSSR count). The van der Waals surface area contributed by atoms with Crippen molar-refractivity contribution in [2.45, 2.75) is 45.5 Å². The van der Waals surface area contributed by atoms with Crippen LogP contribution in [0.25, 0.3) is 0 Å². The van der Waals surface area contributed by atoms with E-state index in [1.807, 2.05) is 0 Å². The summed E-state index contributed by atoms with van der Waals surface area (Å²) >= 11 is 5.80. The monoisotopic (exact) mass is 323 g/mol. The number of alkyl halides is 3. The molecule has 7 heteroatoms. The minimum absolute atomic E-state index is 0.111. The first-order chi connectivity index (χ1) is 9.40. The van der Waals surface area contributed by atoms with E-state index in [2.05, 4.69) is 5.32 Å². The van der Waals surface area contributed by atoms with E-state index in [-0.39, 0.29) is 10.7 Å². The fraction of sp³-hybridized carbons (Fsp3) is 0.500. The highest BCUT2D eigenvalue weighted by Crippen LogP contribution is 2.34. The second-order valence-corrected chi connectivity index (χ2v) is 6.00. The average molecular weight is 324 g/mol. The average Bonchev–Trinajstić information content (AvgIpc) is 2.27. The minimum atomic E-state index is -4.46. The van der Waals surface area contributed by atoms with Gasteiger partial charge in [0.15, 0.2) is 0 Å². The summed E-state index contributed by atoms with van der Waals surface area (Å²) in [6.45, 7) is 6.72. The number of rotatable bonds is 3. The van der Waals surface area contributed by atoms with Gasteiger partial charge >= 0.3 is 12.1 Å². The predicted molar refractivity (Wildman–Crippen MR) is 75.4 cm³/mol. The van der Waals surface area contributed by atoms with Gasteiger partial charge in [0.25, 0.3) is 0 Å². The maximum Gasteiger partial charge on any atom is 0.416 e. The lowest BCUT2D eigenvalue weighted by Crippen LogP contribution is -2.34. The van der Waals surface area contributed by atoms with Gasteiger partial charge in [0.2, 0.25) is 0 Å². The molecule has 0 radical (unpaired) electrons. The highest BCUT2D eigenvalue weighted by Gasteiger charge is 2.31. The van der Waals surface area contributed by atoms with Crippen molar-refractivity contribution in [3.05, 3.63) is 28.8 Å². The van der Waals surface area contributed by atoms with Crippen LogP contribution in [0.15, 0.2) is 18.2 Å². The Kier molecular flexibility index (Phi) is 5.15. The molecule has 0 fully saturated rings. The van der Waals surface area contributed by atoms with E-state index in [0.29, 0.717) is 0 Å². The summed E-state index contributed by atoms with van der Waals surface area (Å²) in [6, 6.07) is 2.16. The first kappa shape index (κ1) is 17.6. The van der Waals surface area contributed by atoms with Crippen molar-refractivity contribution in [2.75, 3.05) is 5.32 Å². The van der Waals surface area contributed by atoms with E-state index in [1.54, 1.807) is 27.7 Å². The van der Waals surface area contributed by atoms with Crippen molar-refractivity contribution in [3.8, 4) is 0 Å². The Hall–Kier alpha value is -1.43. The zero-order valence-electron chi connectivity index (χ0n) is 12.1. The van der Waals surface area contributed by atoms with Crippen LogP contribution in [-0.4, -0.2) is 17.6 Å². The molecule has 0 aliphatic rings. The molecule has 0 aliphatic heterocycles. The molecule has 0 saturated carbocycles. The van der Waals surface area contributed by atoms with Gasteiger partial charge in [-0.3, -0.25) is 0 Å². The molecule has 21 heavy (non-hydrogen) atoms. The molecular formula is C14H17ClF3NO2. The van der Waals surface area contributed by atoms with Crippen molar-refractivity contribution >= 4 is 23.3 Å². The molecule has 118 valence electrons. The van der Waals surface area contributed by atoms with Gasteiger partial charge in [-0.15, -0.1) is 0 Å². The third-order valence-electron chi connectivity index (χ3n) is 2.43. The number of esters is 1. The molecular weight excluding hydrogens is 307 g/mol. The van der Waals surface area contributed by atoms with E-state index in [1.165, 1.54) is 6.07 Å². The molecule has 1 aromatic rings. The number of ether oxygens (including phenoxy) is 1. The van der Waals surface area contributed by atoms with Crippen LogP contribution in [0.1, 0.15) is 33.3 Å². The highest BCUT2D eigenvalue weighted by molar-refractivity contribution is 6.33. The van der Waals surface area contributed by atoms with Gasteiger partial charge in [-0.25, -0.2) is 4.79 Å². The number of halogens is 4. The fourth-order valence-corrected chi connectivity index (χ4v) is 1.73. The summed E-state index contributed by atoms with van der Waals surface area (Å²) in [5, 5.41) is 2.63. The smallest absolute Gasteiger partial charge is 0.416 e. The standard InChI is InChI=1S/C14H17ClF3NO2/c1-8(12(20)21-13(2,3)4)19-11-6-5-9(7-10(11)15)14(16,17)18/h5-8,19H,1-4H3. The van der Waals surface area contributed by atoms with E-state index in [4.69, 9.17) is 16.3 Å². The van der Waals surface area contributed by atoms with Crippen molar-refractivity contribution in [3.63, 3.8) is 0 Å². The summed E-state index contributed by atoms with van der Waals surface area (Å²) in [6.07, 6.45) is -4.46. The molecule has 3 nitrogen and oxygen atoms in total. The van der Waals surface area contributed by atoms with E-state index in [9.17, 15) is 18.0 Å². The SMILES string of the molecule is CC(Nc1ccc(C(F)(F)F)cc1Cl)C(=O)OC(C)(C)C. The Balaban J connectivity index is 2.82. The van der Waals surface area contributed by atoms with Gasteiger partial charge in [0.05, 0.1) is 16.3 Å². The van der Waals surface area contributed by atoms with Crippen LogP contribution in [0, 0.1) is 0 Å². The number of carbonyl (C=O) groups is 1. The van der Waals surface area contributed by atoms with Crippen LogP contribution in [0.4, 0.5) is 18.9 Å². The lowest BCUT2D eigenvalue weighted by Gasteiger charge is -2.23. The van der Waals surface area contributed by atoms with Crippen LogP contribution < -0.4 is 5.32 Å². The topological polar surface area (TPSA) is 38.3 Å². The largest absolute Gasteiger partial charge is 0.458 e. The van der Waals surface area contributed by atoms with Gasteiger partial charge in [-0.1, -0.05) is 11.6 Å². The zero-order valence-corrected chi connectivity index (χ0v) is 12.9. The summed E-state index contributed by atoms with van der Waals surface area (Å²) in [5.41, 5.74) is -1.25. The highest BCUT2D eigenvalue weighted by atomic mass is 35.5. The molecule has 0 bridgehead atoms. The number of carbonyl (C=O) groups excluding carboxylic acids is 1. The van der Waals surface area contributed by atoms with Crippen molar-refractivity contribution < 1.29 is 22.7 Å². The van der Waals surface area contributed by atoms with Gasteiger partial charge in [-0.05, 0) is 45.9 Å². The first-order valence-corrected chi connectivity index (χ1v) is 6.64. The molecule has 0 aromatic heterocycles. The second-order valence-electron chi connectivity index (χ2n) is 5.59. The summed E-state index contributed by atoms with van der Waals surface area (Å²) in [5.74, 6) is -0.515. The molecule has 1 N–H and O–H groups in total. The van der Waals surface area contributed by atoms with Crippen LogP contribution in [-0.2, 0) is 15.7 Å². The summed E-state index contributed by atoms with van der Waals surface area (Å²) < 4.78 is 42.7. The Labute approximate surface area is 126 Å². The zero-order chi connectivity index (χ0) is 16.4. The van der Waals surface area contributed by atoms with Gasteiger partial charge < -0.3 is 10.1 Å². The van der Waals surface area contributed by atoms with Gasteiger partial charge in [-0.2, -0.15) is 13.2 Å². The number of anilines is 1. The van der Waals surface area contributed by atoms with E-state index >= 15 is 0 Å². The first-order valence-electron chi connectivity index (χ1n) is 6.26. The molecule has 0 saturated heterocycles. The molecule has 1 unspecified atom stereocenters. The lowest BCUT2D eigenvalue weighted by molar-refractivity contribution is -0.155. The summed E-state index contributed by atoms with van der Waals surface area (Å²) in [7, 11) is 0. The maximum absolute atomic E-state index is 12.5. The van der Waals surface area contributed by atoms with Crippen molar-refractivity contribution in [2.24, 2.45) is 0 Å². The quantitative estimate of drug-likeness (QED) is 0.832. The van der Waals surface area contributed by atoms with E-state index < -0.39 is 29.4 Å². The number of benzene rings is 1. The molecule has 0 amide bonds. The lowest BCUT2D eigenvalue weighted by atomic mass is 10.1. The molecule has 0 heterocycles. The Morgan fingerprint density at radius 2 is 1.86 bits per heavy atom. The van der Waals surface area contributed by atoms with Gasteiger partial charge in [0, 0.05) is 0 Å². The molecule has 0 aliphatic carbocycles. The van der Waals surface area contributed by atoms with Crippen LogP contribution in [0.3, 0.4) is 0 Å². The van der Waals surface area contributed by atoms with Crippen LogP contribution in [0.5, 0.6) is 0 Å². The Morgan fingerprint density at radius 1 is 1.29 bits per heavy atom. The third kappa shape index (κ3) is 5.46. The molecule has 0 spiro atoms. The van der Waals surface area contributed by atoms with Gasteiger partial charge in [0.1, 0.15) is 11.6 Å². The fourth-order valence-electron chi connectivity index (χ4n) is 1.49. The van der Waals surface area contributed by atoms with Crippen molar-refractivity contribution in [1.82, 2.24) is 0 Å². The van der Waals surface area contributed by atoms with E-state index in [0.717, 1.165) is 12.1 Å².